The number of nitrogens with one attached hydrogen (secondary N) is 1. The first-order valence-electron chi connectivity index (χ1n) is 5.92. The maximum Gasteiger partial charge on any atom is 0.255 e. The van der Waals surface area contributed by atoms with Gasteiger partial charge in [-0.1, -0.05) is 24.3 Å². The van der Waals surface area contributed by atoms with Gasteiger partial charge in [0.15, 0.2) is 0 Å². The monoisotopic (exact) mass is 227 g/mol. The van der Waals surface area contributed by atoms with E-state index in [1.54, 1.807) is 0 Å². The van der Waals surface area contributed by atoms with Crippen LogP contribution >= 0.6 is 0 Å². The summed E-state index contributed by atoms with van der Waals surface area (Å²) in [6, 6.07) is 9.31. The van der Waals surface area contributed by atoms with E-state index < -0.39 is 0 Å². The van der Waals surface area contributed by atoms with Gasteiger partial charge < -0.3 is 5.32 Å². The highest BCUT2D eigenvalue weighted by Crippen LogP contribution is 2.22. The number of hydrogen-bond donors (Lipinski definition) is 1. The molecule has 0 aromatic heterocycles. The second-order valence-electron chi connectivity index (χ2n) is 4.40. The molecule has 1 aliphatic rings. The highest BCUT2D eigenvalue weighted by atomic mass is 16.1. The predicted molar refractivity (Wildman–Crippen MR) is 69.6 cm³/mol. The Hall–Kier alpha value is -1.83. The Balaban J connectivity index is 2.17. The van der Waals surface area contributed by atoms with Crippen LogP contribution in [-0.4, -0.2) is 5.91 Å². The second kappa shape index (κ2) is 5.00. The third kappa shape index (κ3) is 2.64. The summed E-state index contributed by atoms with van der Waals surface area (Å²) in [5, 5.41) is 3.01. The lowest BCUT2D eigenvalue weighted by atomic mass is 9.97. The molecule has 0 atom stereocenters. The molecule has 88 valence electrons. The van der Waals surface area contributed by atoms with E-state index in [0.29, 0.717) is 5.56 Å². The van der Waals surface area contributed by atoms with Gasteiger partial charge in [0.25, 0.3) is 5.91 Å². The summed E-state index contributed by atoms with van der Waals surface area (Å²) in [5.41, 5.74) is 4.11. The third-order valence-electron chi connectivity index (χ3n) is 3.07. The minimum atomic E-state index is -0.0328. The zero-order chi connectivity index (χ0) is 12.3. The summed E-state index contributed by atoms with van der Waals surface area (Å²) < 4.78 is 0. The minimum Gasteiger partial charge on any atom is -0.322 e. The van der Waals surface area contributed by atoms with E-state index >= 15 is 0 Å². The maximum atomic E-state index is 12.0. The molecule has 17 heavy (non-hydrogen) atoms. The Labute approximate surface area is 102 Å². The van der Waals surface area contributed by atoms with Crippen molar-refractivity contribution < 1.29 is 4.79 Å². The molecule has 2 rings (SSSR count). The fourth-order valence-electron chi connectivity index (χ4n) is 2.05. The number of carbonyl (C=O) groups is 1. The van der Waals surface area contributed by atoms with Crippen molar-refractivity contribution in [3.8, 4) is 0 Å². The summed E-state index contributed by atoms with van der Waals surface area (Å²) in [6.45, 7) is 4.13. The first kappa shape index (κ1) is 11.6. The first-order valence-corrected chi connectivity index (χ1v) is 5.92. The molecule has 0 bridgehead atoms. The van der Waals surface area contributed by atoms with Gasteiger partial charge in [-0.25, -0.2) is 0 Å². The normalized spacial score (nSPS) is 15.5. The highest BCUT2D eigenvalue weighted by Gasteiger charge is 2.13. The minimum absolute atomic E-state index is 0.0328. The van der Waals surface area contributed by atoms with Crippen molar-refractivity contribution in [1.29, 1.82) is 0 Å². The van der Waals surface area contributed by atoms with Crippen LogP contribution in [0, 0.1) is 0 Å². The van der Waals surface area contributed by atoms with Gasteiger partial charge in [-0.15, -0.1) is 0 Å². The summed E-state index contributed by atoms with van der Waals surface area (Å²) in [7, 11) is 0. The molecule has 1 aromatic rings. The van der Waals surface area contributed by atoms with E-state index in [-0.39, 0.29) is 5.91 Å². The zero-order valence-electron chi connectivity index (χ0n) is 10.3. The van der Waals surface area contributed by atoms with Gasteiger partial charge in [0.2, 0.25) is 0 Å². The number of carbonyl (C=O) groups excluding carboxylic acids is 1. The molecular formula is C15H17NO. The van der Waals surface area contributed by atoms with Crippen molar-refractivity contribution in [1.82, 2.24) is 5.32 Å². The Morgan fingerprint density at radius 3 is 2.53 bits per heavy atom. The molecule has 0 saturated heterocycles. The smallest absolute Gasteiger partial charge is 0.255 e. The predicted octanol–water partition coefficient (Wildman–Crippen LogP) is 3.43. The third-order valence-corrected chi connectivity index (χ3v) is 3.07. The average molecular weight is 227 g/mol. The molecule has 0 fully saturated rings. The van der Waals surface area contributed by atoms with Crippen LogP contribution < -0.4 is 5.32 Å². The summed E-state index contributed by atoms with van der Waals surface area (Å²) >= 11 is 0. The van der Waals surface area contributed by atoms with E-state index in [1.807, 2.05) is 37.3 Å². The van der Waals surface area contributed by atoms with Crippen molar-refractivity contribution in [2.75, 3.05) is 0 Å². The summed E-state index contributed by atoms with van der Waals surface area (Å²) in [5.74, 6) is -0.0328. The summed E-state index contributed by atoms with van der Waals surface area (Å²) in [6.07, 6.45) is 4.28. The maximum absolute atomic E-state index is 12.0. The van der Waals surface area contributed by atoms with Crippen LogP contribution in [0.2, 0.25) is 0 Å². The highest BCUT2D eigenvalue weighted by molar-refractivity contribution is 5.95. The zero-order valence-corrected chi connectivity index (χ0v) is 10.3. The van der Waals surface area contributed by atoms with Crippen molar-refractivity contribution in [3.05, 3.63) is 58.8 Å². The fraction of sp³-hybridized carbons (Fsp3) is 0.267. The molecule has 1 aromatic carbocycles. The molecule has 1 amide bonds. The van der Waals surface area contributed by atoms with Crippen molar-refractivity contribution >= 4 is 5.91 Å². The molecule has 2 heteroatoms. The molecule has 1 N–H and O–H groups in total. The van der Waals surface area contributed by atoms with Crippen LogP contribution in [0.1, 0.15) is 37.0 Å². The van der Waals surface area contributed by atoms with Gasteiger partial charge in [0.05, 0.1) is 0 Å². The van der Waals surface area contributed by atoms with Gasteiger partial charge in [-0.2, -0.15) is 0 Å². The van der Waals surface area contributed by atoms with E-state index in [0.717, 1.165) is 24.1 Å². The van der Waals surface area contributed by atoms with Gasteiger partial charge in [0, 0.05) is 11.3 Å². The SMILES string of the molecule is CC1=CCCC(C)=C1NC(=O)c1ccccc1. The largest absolute Gasteiger partial charge is 0.322 e. The number of allylic oxidation sites excluding steroid dienone is 3. The molecule has 0 aliphatic heterocycles. The van der Waals surface area contributed by atoms with E-state index in [4.69, 9.17) is 0 Å². The Morgan fingerprint density at radius 2 is 1.88 bits per heavy atom. The standard InChI is InChI=1S/C15H17NO/c1-11-7-6-8-12(2)14(11)16-15(17)13-9-4-3-5-10-13/h3-5,7,9-10H,6,8H2,1-2H3,(H,16,17). The molecule has 0 saturated carbocycles. The Kier molecular flexibility index (Phi) is 3.43. The van der Waals surface area contributed by atoms with Gasteiger partial charge in [0.1, 0.15) is 0 Å². The van der Waals surface area contributed by atoms with Crippen molar-refractivity contribution in [2.45, 2.75) is 26.7 Å². The number of amides is 1. The molecule has 1 aliphatic carbocycles. The molecular weight excluding hydrogens is 210 g/mol. The fourth-order valence-corrected chi connectivity index (χ4v) is 2.05. The van der Waals surface area contributed by atoms with E-state index in [9.17, 15) is 4.79 Å². The molecule has 2 nitrogen and oxygen atoms in total. The molecule has 0 radical (unpaired) electrons. The lowest BCUT2D eigenvalue weighted by Crippen LogP contribution is -2.25. The van der Waals surface area contributed by atoms with Crippen LogP contribution in [0.15, 0.2) is 53.3 Å². The number of hydrogen-bond acceptors (Lipinski definition) is 1. The van der Waals surface area contributed by atoms with Crippen LogP contribution in [0.4, 0.5) is 0 Å². The van der Waals surface area contributed by atoms with Crippen molar-refractivity contribution in [3.63, 3.8) is 0 Å². The van der Waals surface area contributed by atoms with Crippen LogP contribution in [0.5, 0.6) is 0 Å². The van der Waals surface area contributed by atoms with Crippen LogP contribution in [0.3, 0.4) is 0 Å². The van der Waals surface area contributed by atoms with Crippen LogP contribution in [-0.2, 0) is 0 Å². The number of rotatable bonds is 2. The quantitative estimate of drug-likeness (QED) is 0.824. The van der Waals surface area contributed by atoms with E-state index in [1.165, 1.54) is 5.57 Å². The number of benzene rings is 1. The summed E-state index contributed by atoms with van der Waals surface area (Å²) in [4.78, 5) is 12.0. The molecule has 0 unspecified atom stereocenters. The molecule has 0 spiro atoms. The first-order chi connectivity index (χ1) is 8.18. The topological polar surface area (TPSA) is 29.1 Å². The Bertz CT molecular complexity index is 483. The van der Waals surface area contributed by atoms with Gasteiger partial charge in [-0.3, -0.25) is 4.79 Å². The lowest BCUT2D eigenvalue weighted by Gasteiger charge is -2.18. The van der Waals surface area contributed by atoms with Gasteiger partial charge >= 0.3 is 0 Å². The van der Waals surface area contributed by atoms with E-state index in [2.05, 4.69) is 18.3 Å². The average Bonchev–Trinajstić information content (AvgIpc) is 2.35. The van der Waals surface area contributed by atoms with Crippen LogP contribution in [0.25, 0.3) is 0 Å². The van der Waals surface area contributed by atoms with Crippen molar-refractivity contribution in [2.24, 2.45) is 0 Å². The molecule has 0 heterocycles. The second-order valence-corrected chi connectivity index (χ2v) is 4.40. The van der Waals surface area contributed by atoms with Gasteiger partial charge in [-0.05, 0) is 50.0 Å². The lowest BCUT2D eigenvalue weighted by molar-refractivity contribution is 0.0966. The Morgan fingerprint density at radius 1 is 1.18 bits per heavy atom.